The highest BCUT2D eigenvalue weighted by molar-refractivity contribution is 5.94. The molecule has 3 aromatic rings. The summed E-state index contributed by atoms with van der Waals surface area (Å²) < 4.78 is 12.0. The molecule has 8 nitrogen and oxygen atoms in total. The molecule has 2 aromatic carbocycles. The van der Waals surface area contributed by atoms with E-state index in [0.29, 0.717) is 22.7 Å². The number of hydrogen-bond acceptors (Lipinski definition) is 6. The predicted molar refractivity (Wildman–Crippen MR) is 116 cm³/mol. The van der Waals surface area contributed by atoms with Crippen LogP contribution in [-0.2, 0) is 14.3 Å². The van der Waals surface area contributed by atoms with Crippen molar-refractivity contribution in [2.45, 2.75) is 13.8 Å². The molecule has 160 valence electrons. The highest BCUT2D eigenvalue weighted by atomic mass is 16.6. The number of amides is 1. The number of rotatable bonds is 7. The molecule has 1 N–H and O–H groups in total. The summed E-state index contributed by atoms with van der Waals surface area (Å²) in [5.41, 5.74) is 3.17. The molecule has 0 saturated carbocycles. The Hall–Kier alpha value is -4.56. The number of aromatic nitrogens is 1. The van der Waals surface area contributed by atoms with Crippen molar-refractivity contribution in [3.05, 3.63) is 77.0 Å². The van der Waals surface area contributed by atoms with E-state index in [2.05, 4.69) is 11.4 Å². The predicted octanol–water partition coefficient (Wildman–Crippen LogP) is 3.40. The maximum absolute atomic E-state index is 12.5. The Morgan fingerprint density at radius 3 is 2.28 bits per heavy atom. The Morgan fingerprint density at radius 2 is 1.66 bits per heavy atom. The van der Waals surface area contributed by atoms with E-state index in [1.54, 1.807) is 28.8 Å². The molecule has 0 aliphatic rings. The molecule has 0 fully saturated rings. The van der Waals surface area contributed by atoms with Crippen LogP contribution in [0, 0.1) is 36.5 Å². The molecule has 0 unspecified atom stereocenters. The molecule has 1 heterocycles. The van der Waals surface area contributed by atoms with Crippen LogP contribution < -0.4 is 10.1 Å². The van der Waals surface area contributed by atoms with E-state index in [-0.39, 0.29) is 6.61 Å². The molecule has 0 bridgehead atoms. The van der Waals surface area contributed by atoms with Gasteiger partial charge in [0.05, 0.1) is 17.2 Å². The number of nitrogens with one attached hydrogen (secondary N) is 1. The van der Waals surface area contributed by atoms with Gasteiger partial charge in [0.15, 0.2) is 13.2 Å². The summed E-state index contributed by atoms with van der Waals surface area (Å²) >= 11 is 0. The van der Waals surface area contributed by atoms with Crippen LogP contribution in [0.3, 0.4) is 0 Å². The number of ether oxygens (including phenoxy) is 2. The van der Waals surface area contributed by atoms with E-state index in [1.165, 1.54) is 0 Å². The van der Waals surface area contributed by atoms with Gasteiger partial charge in [-0.3, -0.25) is 9.36 Å². The van der Waals surface area contributed by atoms with Gasteiger partial charge in [-0.2, -0.15) is 10.5 Å². The fourth-order valence-corrected chi connectivity index (χ4v) is 3.08. The van der Waals surface area contributed by atoms with Gasteiger partial charge < -0.3 is 14.8 Å². The SMILES string of the molecule is Cc1c(C#N)c(NC(=O)COC(=O)COc2ccc(C#N)cc2)n(-c2ccccc2)c1C. The molecule has 0 aliphatic carbocycles. The second-order valence-corrected chi connectivity index (χ2v) is 6.85. The van der Waals surface area contributed by atoms with Crippen molar-refractivity contribution in [1.82, 2.24) is 4.57 Å². The van der Waals surface area contributed by atoms with Gasteiger partial charge in [0.25, 0.3) is 5.91 Å². The third-order valence-electron chi connectivity index (χ3n) is 4.80. The van der Waals surface area contributed by atoms with Crippen LogP contribution in [0.25, 0.3) is 5.69 Å². The maximum atomic E-state index is 12.5. The van der Waals surface area contributed by atoms with Crippen molar-refractivity contribution in [2.75, 3.05) is 18.5 Å². The fraction of sp³-hybridized carbons (Fsp3) is 0.167. The largest absolute Gasteiger partial charge is 0.482 e. The first-order valence-corrected chi connectivity index (χ1v) is 9.70. The third-order valence-corrected chi connectivity index (χ3v) is 4.80. The van der Waals surface area contributed by atoms with E-state index in [4.69, 9.17) is 14.7 Å². The summed E-state index contributed by atoms with van der Waals surface area (Å²) in [5.74, 6) is -0.585. The molecular formula is C24H20N4O4. The van der Waals surface area contributed by atoms with Crippen LogP contribution in [0.15, 0.2) is 54.6 Å². The van der Waals surface area contributed by atoms with Gasteiger partial charge in [0, 0.05) is 11.4 Å². The number of benzene rings is 2. The number of hydrogen-bond donors (Lipinski definition) is 1. The van der Waals surface area contributed by atoms with Gasteiger partial charge in [0.1, 0.15) is 17.6 Å². The van der Waals surface area contributed by atoms with E-state index >= 15 is 0 Å². The second kappa shape index (κ2) is 9.96. The molecule has 0 spiro atoms. The smallest absolute Gasteiger partial charge is 0.344 e. The number of anilines is 1. The summed E-state index contributed by atoms with van der Waals surface area (Å²) in [6.07, 6.45) is 0. The van der Waals surface area contributed by atoms with Gasteiger partial charge in [-0.25, -0.2) is 4.79 Å². The maximum Gasteiger partial charge on any atom is 0.344 e. The highest BCUT2D eigenvalue weighted by Gasteiger charge is 2.21. The monoisotopic (exact) mass is 428 g/mol. The zero-order valence-electron chi connectivity index (χ0n) is 17.6. The van der Waals surface area contributed by atoms with Gasteiger partial charge in [0.2, 0.25) is 0 Å². The van der Waals surface area contributed by atoms with Gasteiger partial charge >= 0.3 is 5.97 Å². The van der Waals surface area contributed by atoms with Gasteiger partial charge in [-0.15, -0.1) is 0 Å². The third kappa shape index (κ3) is 4.94. The number of nitrogens with zero attached hydrogens (tertiary/aromatic N) is 3. The lowest BCUT2D eigenvalue weighted by Gasteiger charge is -2.13. The molecular weight excluding hydrogens is 408 g/mol. The zero-order chi connectivity index (χ0) is 23.1. The summed E-state index contributed by atoms with van der Waals surface area (Å²) in [6.45, 7) is 2.75. The van der Waals surface area contributed by atoms with Crippen LogP contribution in [0.5, 0.6) is 5.75 Å². The summed E-state index contributed by atoms with van der Waals surface area (Å²) in [5, 5.41) is 21.1. The summed E-state index contributed by atoms with van der Waals surface area (Å²) in [7, 11) is 0. The lowest BCUT2D eigenvalue weighted by molar-refractivity contribution is -0.149. The molecule has 0 saturated heterocycles. The molecule has 32 heavy (non-hydrogen) atoms. The molecule has 8 heteroatoms. The molecule has 0 radical (unpaired) electrons. The zero-order valence-corrected chi connectivity index (χ0v) is 17.6. The average Bonchev–Trinajstić information content (AvgIpc) is 3.05. The van der Waals surface area contributed by atoms with Crippen molar-refractivity contribution in [3.8, 4) is 23.6 Å². The number of esters is 1. The Morgan fingerprint density at radius 1 is 0.969 bits per heavy atom. The highest BCUT2D eigenvalue weighted by Crippen LogP contribution is 2.29. The number of para-hydroxylation sites is 1. The molecule has 0 aliphatic heterocycles. The normalized spacial score (nSPS) is 10.0. The van der Waals surface area contributed by atoms with Crippen molar-refractivity contribution in [1.29, 1.82) is 10.5 Å². The van der Waals surface area contributed by atoms with Crippen LogP contribution in [0.1, 0.15) is 22.4 Å². The summed E-state index contributed by atoms with van der Waals surface area (Å²) in [4.78, 5) is 24.4. The van der Waals surface area contributed by atoms with E-state index in [0.717, 1.165) is 16.9 Å². The Labute approximate surface area is 185 Å². The number of carbonyl (C=O) groups is 2. The van der Waals surface area contributed by atoms with Crippen LogP contribution >= 0.6 is 0 Å². The first kappa shape index (κ1) is 22.1. The average molecular weight is 428 g/mol. The van der Waals surface area contributed by atoms with E-state index < -0.39 is 18.5 Å². The van der Waals surface area contributed by atoms with E-state index in [9.17, 15) is 14.9 Å². The minimum Gasteiger partial charge on any atom is -0.482 e. The first-order chi connectivity index (χ1) is 15.4. The molecule has 1 aromatic heterocycles. The van der Waals surface area contributed by atoms with Gasteiger partial charge in [-0.1, -0.05) is 18.2 Å². The van der Waals surface area contributed by atoms with Crippen molar-refractivity contribution in [3.63, 3.8) is 0 Å². The fourth-order valence-electron chi connectivity index (χ4n) is 3.08. The van der Waals surface area contributed by atoms with Crippen LogP contribution in [-0.4, -0.2) is 29.7 Å². The summed E-state index contributed by atoms with van der Waals surface area (Å²) in [6, 6.07) is 19.7. The van der Waals surface area contributed by atoms with Crippen molar-refractivity contribution in [2.24, 2.45) is 0 Å². The first-order valence-electron chi connectivity index (χ1n) is 9.70. The second-order valence-electron chi connectivity index (χ2n) is 6.85. The van der Waals surface area contributed by atoms with E-state index in [1.807, 2.05) is 50.2 Å². The topological polar surface area (TPSA) is 117 Å². The van der Waals surface area contributed by atoms with Crippen molar-refractivity contribution >= 4 is 17.7 Å². The minimum absolute atomic E-state index is 0.323. The number of nitriles is 2. The number of carbonyl (C=O) groups excluding carboxylic acids is 2. The van der Waals surface area contributed by atoms with Crippen LogP contribution in [0.4, 0.5) is 5.82 Å². The molecule has 3 rings (SSSR count). The Kier molecular flexibility index (Phi) is 6.89. The lowest BCUT2D eigenvalue weighted by atomic mass is 10.2. The van der Waals surface area contributed by atoms with Crippen LogP contribution in [0.2, 0.25) is 0 Å². The Bertz CT molecular complexity index is 1220. The van der Waals surface area contributed by atoms with Crippen molar-refractivity contribution < 1.29 is 19.1 Å². The lowest BCUT2D eigenvalue weighted by Crippen LogP contribution is -2.25. The minimum atomic E-state index is -0.726. The van der Waals surface area contributed by atoms with Gasteiger partial charge in [-0.05, 0) is 55.8 Å². The molecule has 0 atom stereocenters. The Balaban J connectivity index is 1.63. The standard InChI is InChI=1S/C24H20N4O4/c1-16-17(2)28(19-6-4-3-5-7-19)24(21(16)13-26)27-22(29)14-32-23(30)15-31-20-10-8-18(12-25)9-11-20/h3-11H,14-15H2,1-2H3,(H,27,29). The quantitative estimate of drug-likeness (QED) is 0.577. The molecule has 1 amide bonds.